The molecule has 0 aliphatic heterocycles. The fourth-order valence-electron chi connectivity index (χ4n) is 3.37. The molecule has 120 valence electrons. The largest absolute Gasteiger partial charge is 0.493 e. The molecule has 5 nitrogen and oxygen atoms in total. The fourth-order valence-corrected chi connectivity index (χ4v) is 3.37. The van der Waals surface area contributed by atoms with Crippen LogP contribution in [0.1, 0.15) is 63.7 Å². The minimum Gasteiger partial charge on any atom is -0.493 e. The monoisotopic (exact) mass is 296 g/mol. The van der Waals surface area contributed by atoms with Crippen molar-refractivity contribution >= 4 is 0 Å². The molecule has 1 aliphatic rings. The lowest BCUT2D eigenvalue weighted by atomic mass is 9.86. The molecule has 1 fully saturated rings. The molecule has 1 unspecified atom stereocenters. The number of aryl methyl sites for hydroxylation is 1. The summed E-state index contributed by atoms with van der Waals surface area (Å²) in [6.45, 7) is 2.87. The molecule has 21 heavy (non-hydrogen) atoms. The van der Waals surface area contributed by atoms with Crippen molar-refractivity contribution in [1.29, 1.82) is 0 Å². The first-order chi connectivity index (χ1) is 10.2. The molecule has 0 bridgehead atoms. The van der Waals surface area contributed by atoms with E-state index in [4.69, 9.17) is 9.47 Å². The van der Waals surface area contributed by atoms with E-state index in [0.717, 1.165) is 44.3 Å². The highest BCUT2D eigenvalue weighted by Gasteiger charge is 2.42. The van der Waals surface area contributed by atoms with Crippen molar-refractivity contribution in [3.63, 3.8) is 0 Å². The number of hydrogen-bond acceptors (Lipinski definition) is 4. The van der Waals surface area contributed by atoms with Crippen molar-refractivity contribution in [2.45, 2.75) is 70.1 Å². The molecule has 0 aromatic carbocycles. The Bertz CT molecular complexity index is 437. The number of hydrogen-bond donors (Lipinski definition) is 1. The lowest BCUT2D eigenvalue weighted by Crippen LogP contribution is -2.39. The zero-order valence-corrected chi connectivity index (χ0v) is 13.5. The van der Waals surface area contributed by atoms with Crippen LogP contribution in [0.2, 0.25) is 0 Å². The molecule has 1 heterocycles. The van der Waals surface area contributed by atoms with E-state index in [9.17, 15) is 5.11 Å². The van der Waals surface area contributed by atoms with Crippen LogP contribution >= 0.6 is 0 Å². The highest BCUT2D eigenvalue weighted by atomic mass is 16.5. The van der Waals surface area contributed by atoms with Gasteiger partial charge in [-0.1, -0.05) is 32.6 Å². The van der Waals surface area contributed by atoms with E-state index < -0.39 is 11.7 Å². The molecular weight excluding hydrogens is 268 g/mol. The quantitative estimate of drug-likeness (QED) is 0.820. The molecule has 0 spiro atoms. The van der Waals surface area contributed by atoms with Crippen molar-refractivity contribution < 1.29 is 14.6 Å². The van der Waals surface area contributed by atoms with Crippen LogP contribution in [0, 0.1) is 0 Å². The third kappa shape index (κ3) is 3.24. The third-order valence-corrected chi connectivity index (χ3v) is 4.61. The van der Waals surface area contributed by atoms with E-state index in [-0.39, 0.29) is 0 Å². The summed E-state index contributed by atoms with van der Waals surface area (Å²) in [4.78, 5) is 0. The molecule has 1 aliphatic carbocycles. The SMILES string of the molecule is CCCn1ncc(OC)c1C(O)C1(OC)CCCCCC1. The van der Waals surface area contributed by atoms with Crippen LogP contribution in [0.15, 0.2) is 6.20 Å². The summed E-state index contributed by atoms with van der Waals surface area (Å²) in [5, 5.41) is 15.4. The average molecular weight is 296 g/mol. The van der Waals surface area contributed by atoms with E-state index in [1.165, 1.54) is 12.8 Å². The Labute approximate surface area is 127 Å². The number of methoxy groups -OCH3 is 2. The molecule has 1 aromatic rings. The zero-order chi connectivity index (χ0) is 15.3. The Hall–Kier alpha value is -1.07. The van der Waals surface area contributed by atoms with Crippen molar-refractivity contribution in [2.24, 2.45) is 0 Å². The average Bonchev–Trinajstić information content (AvgIpc) is 2.75. The molecule has 0 amide bonds. The van der Waals surface area contributed by atoms with Crippen LogP contribution in [0.4, 0.5) is 0 Å². The Morgan fingerprint density at radius 1 is 1.29 bits per heavy atom. The number of ether oxygens (including phenoxy) is 2. The molecule has 0 radical (unpaired) electrons. The van der Waals surface area contributed by atoms with Crippen molar-refractivity contribution in [3.8, 4) is 5.75 Å². The zero-order valence-electron chi connectivity index (χ0n) is 13.5. The second-order valence-electron chi connectivity index (χ2n) is 5.91. The molecule has 1 aromatic heterocycles. The summed E-state index contributed by atoms with van der Waals surface area (Å²) >= 11 is 0. The van der Waals surface area contributed by atoms with Gasteiger partial charge in [-0.3, -0.25) is 4.68 Å². The van der Waals surface area contributed by atoms with Gasteiger partial charge in [0.25, 0.3) is 0 Å². The normalized spacial score (nSPS) is 20.0. The Morgan fingerprint density at radius 2 is 1.95 bits per heavy atom. The predicted molar refractivity (Wildman–Crippen MR) is 81.5 cm³/mol. The summed E-state index contributed by atoms with van der Waals surface area (Å²) in [6, 6.07) is 0. The molecule has 0 saturated heterocycles. The van der Waals surface area contributed by atoms with E-state index >= 15 is 0 Å². The van der Waals surface area contributed by atoms with Crippen LogP contribution < -0.4 is 4.74 Å². The fraction of sp³-hybridized carbons (Fsp3) is 0.812. The standard InChI is InChI=1S/C16H28N2O3/c1-4-11-18-14(13(20-2)12-17-18)15(19)16(21-3)9-7-5-6-8-10-16/h12,15,19H,4-11H2,1-3H3. The van der Waals surface area contributed by atoms with Gasteiger partial charge in [-0.05, 0) is 19.3 Å². The molecule has 1 N–H and O–H groups in total. The first kappa shape index (κ1) is 16.3. The Kier molecular flexibility index (Phi) is 5.65. The van der Waals surface area contributed by atoms with Crippen LogP contribution in [-0.4, -0.2) is 34.7 Å². The van der Waals surface area contributed by atoms with Gasteiger partial charge in [-0.15, -0.1) is 0 Å². The van der Waals surface area contributed by atoms with Gasteiger partial charge in [0.1, 0.15) is 11.8 Å². The van der Waals surface area contributed by atoms with Gasteiger partial charge in [0.05, 0.1) is 18.9 Å². The van der Waals surface area contributed by atoms with E-state index in [0.29, 0.717) is 5.75 Å². The first-order valence-electron chi connectivity index (χ1n) is 8.01. The molecule has 1 saturated carbocycles. The summed E-state index contributed by atoms with van der Waals surface area (Å²) in [5.41, 5.74) is 0.234. The smallest absolute Gasteiger partial charge is 0.162 e. The van der Waals surface area contributed by atoms with Gasteiger partial charge >= 0.3 is 0 Å². The second kappa shape index (κ2) is 7.27. The molecule has 2 rings (SSSR count). The first-order valence-corrected chi connectivity index (χ1v) is 8.01. The van der Waals surface area contributed by atoms with Crippen LogP contribution in [0.3, 0.4) is 0 Å². The minimum absolute atomic E-state index is 0.519. The van der Waals surface area contributed by atoms with Gasteiger partial charge in [-0.25, -0.2) is 0 Å². The van der Waals surface area contributed by atoms with Gasteiger partial charge in [0.15, 0.2) is 5.75 Å². The number of nitrogens with zero attached hydrogens (tertiary/aromatic N) is 2. The molecular formula is C16H28N2O3. The summed E-state index contributed by atoms with van der Waals surface area (Å²) in [6.07, 6.45) is 8.32. The van der Waals surface area contributed by atoms with Crippen LogP contribution in [-0.2, 0) is 11.3 Å². The summed E-state index contributed by atoms with van der Waals surface area (Å²) in [7, 11) is 3.33. The predicted octanol–water partition coefficient (Wildman–Crippen LogP) is 3.07. The topological polar surface area (TPSA) is 56.5 Å². The van der Waals surface area contributed by atoms with Gasteiger partial charge in [0.2, 0.25) is 0 Å². The van der Waals surface area contributed by atoms with E-state index in [1.54, 1.807) is 20.4 Å². The maximum Gasteiger partial charge on any atom is 0.162 e. The van der Waals surface area contributed by atoms with Crippen molar-refractivity contribution in [1.82, 2.24) is 9.78 Å². The van der Waals surface area contributed by atoms with Crippen LogP contribution in [0.25, 0.3) is 0 Å². The summed E-state index contributed by atoms with van der Waals surface area (Å²) < 4.78 is 13.1. The number of aliphatic hydroxyl groups excluding tert-OH is 1. The summed E-state index contributed by atoms with van der Waals surface area (Å²) in [5.74, 6) is 0.650. The van der Waals surface area contributed by atoms with Gasteiger partial charge in [-0.2, -0.15) is 5.10 Å². The highest BCUT2D eigenvalue weighted by molar-refractivity contribution is 5.29. The highest BCUT2D eigenvalue weighted by Crippen LogP contribution is 2.42. The van der Waals surface area contributed by atoms with E-state index in [1.807, 2.05) is 4.68 Å². The van der Waals surface area contributed by atoms with Crippen molar-refractivity contribution in [3.05, 3.63) is 11.9 Å². The lowest BCUT2D eigenvalue weighted by Gasteiger charge is -2.36. The van der Waals surface area contributed by atoms with E-state index in [2.05, 4.69) is 12.0 Å². The molecule has 5 heteroatoms. The van der Waals surface area contributed by atoms with Crippen molar-refractivity contribution in [2.75, 3.05) is 14.2 Å². The second-order valence-corrected chi connectivity index (χ2v) is 5.91. The van der Waals surface area contributed by atoms with Crippen LogP contribution in [0.5, 0.6) is 5.75 Å². The number of aromatic nitrogens is 2. The Morgan fingerprint density at radius 3 is 2.48 bits per heavy atom. The minimum atomic E-state index is -0.704. The number of rotatable bonds is 6. The maximum atomic E-state index is 11.1. The molecule has 1 atom stereocenters. The van der Waals surface area contributed by atoms with Gasteiger partial charge < -0.3 is 14.6 Å². The Balaban J connectivity index is 2.35. The maximum absolute atomic E-state index is 11.1. The lowest BCUT2D eigenvalue weighted by molar-refractivity contribution is -0.117. The van der Waals surface area contributed by atoms with Gasteiger partial charge in [0, 0.05) is 13.7 Å². The number of aliphatic hydroxyl groups is 1. The third-order valence-electron chi connectivity index (χ3n) is 4.61.